The number of methoxy groups -OCH3 is 1. The largest absolute Gasteiger partial charge is 0.396 e. The molecule has 6 heteroatoms. The van der Waals surface area contributed by atoms with Gasteiger partial charge in [0.25, 0.3) is 0 Å². The van der Waals surface area contributed by atoms with Crippen LogP contribution in [0.3, 0.4) is 0 Å². The highest BCUT2D eigenvalue weighted by molar-refractivity contribution is 5.77. The summed E-state index contributed by atoms with van der Waals surface area (Å²) in [6, 6.07) is 9.50. The molecule has 1 heterocycles. The molecule has 2 rings (SSSR count). The van der Waals surface area contributed by atoms with Crippen molar-refractivity contribution in [3.05, 3.63) is 35.4 Å². The van der Waals surface area contributed by atoms with Gasteiger partial charge in [0.15, 0.2) is 0 Å². The Morgan fingerprint density at radius 2 is 2.18 bits per heavy atom. The second-order valence-corrected chi connectivity index (χ2v) is 5.55. The van der Waals surface area contributed by atoms with E-state index in [9.17, 15) is 9.90 Å². The minimum absolute atomic E-state index is 0.0270. The van der Waals surface area contributed by atoms with E-state index in [2.05, 4.69) is 16.3 Å². The number of benzene rings is 1. The Bertz CT molecular complexity index is 539. The van der Waals surface area contributed by atoms with E-state index >= 15 is 0 Å². The maximum atomic E-state index is 11.6. The smallest absolute Gasteiger partial charge is 0.246 e. The highest BCUT2D eigenvalue weighted by Gasteiger charge is 2.33. The lowest BCUT2D eigenvalue weighted by Gasteiger charge is -2.17. The van der Waals surface area contributed by atoms with E-state index in [0.717, 1.165) is 18.7 Å². The van der Waals surface area contributed by atoms with Gasteiger partial charge in [-0.1, -0.05) is 12.1 Å². The van der Waals surface area contributed by atoms with Gasteiger partial charge in [-0.05, 0) is 17.7 Å². The van der Waals surface area contributed by atoms with Crippen molar-refractivity contribution in [1.29, 1.82) is 5.26 Å². The van der Waals surface area contributed by atoms with Crippen LogP contribution in [0.5, 0.6) is 0 Å². The number of amides is 1. The van der Waals surface area contributed by atoms with Crippen LogP contribution >= 0.6 is 0 Å². The lowest BCUT2D eigenvalue weighted by atomic mass is 10.1. The van der Waals surface area contributed by atoms with Crippen molar-refractivity contribution in [2.75, 3.05) is 33.4 Å². The zero-order valence-electron chi connectivity index (χ0n) is 12.7. The van der Waals surface area contributed by atoms with Crippen LogP contribution in [0.2, 0.25) is 0 Å². The maximum Gasteiger partial charge on any atom is 0.246 e. The number of nitriles is 1. The number of rotatable bonds is 6. The van der Waals surface area contributed by atoms with Crippen molar-refractivity contribution in [2.24, 2.45) is 5.92 Å². The predicted octanol–water partition coefficient (Wildman–Crippen LogP) is 0.114. The minimum atomic E-state index is -0.161. The van der Waals surface area contributed by atoms with Gasteiger partial charge in [-0.15, -0.1) is 0 Å². The molecule has 0 aliphatic carbocycles. The Labute approximate surface area is 130 Å². The standard InChI is InChI=1S/C16H21N3O3/c1-22-11-16(21)18-15-9-19(8-14(15)10-20)7-13-4-2-12(6-17)3-5-13/h2-5,14-15,20H,7-11H2,1H3,(H,18,21)/t14-,15+/m0/s1. The van der Waals surface area contributed by atoms with E-state index in [4.69, 9.17) is 10.00 Å². The first kappa shape index (κ1) is 16.4. The summed E-state index contributed by atoms with van der Waals surface area (Å²) in [6.45, 7) is 2.24. The zero-order valence-corrected chi connectivity index (χ0v) is 12.7. The van der Waals surface area contributed by atoms with E-state index in [1.54, 1.807) is 12.1 Å². The molecule has 1 saturated heterocycles. The number of nitrogens with zero attached hydrogens (tertiary/aromatic N) is 2. The molecule has 0 bridgehead atoms. The Kier molecular flexibility index (Phi) is 5.90. The van der Waals surface area contributed by atoms with Crippen LogP contribution in [0.25, 0.3) is 0 Å². The fraction of sp³-hybridized carbons (Fsp3) is 0.500. The van der Waals surface area contributed by atoms with Gasteiger partial charge in [-0.25, -0.2) is 0 Å². The van der Waals surface area contributed by atoms with Crippen molar-refractivity contribution in [3.63, 3.8) is 0 Å². The van der Waals surface area contributed by atoms with Gasteiger partial charge in [0.1, 0.15) is 6.61 Å². The summed E-state index contributed by atoms with van der Waals surface area (Å²) < 4.78 is 4.81. The number of likely N-dealkylation sites (tertiary alicyclic amines) is 1. The minimum Gasteiger partial charge on any atom is -0.396 e. The van der Waals surface area contributed by atoms with E-state index in [1.807, 2.05) is 12.1 Å². The fourth-order valence-electron chi connectivity index (χ4n) is 2.76. The third kappa shape index (κ3) is 4.28. The number of aliphatic hydroxyl groups excluding tert-OH is 1. The number of carbonyl (C=O) groups excluding carboxylic acids is 1. The molecule has 1 aliphatic rings. The van der Waals surface area contributed by atoms with Gasteiger partial charge in [-0.3, -0.25) is 9.69 Å². The van der Waals surface area contributed by atoms with E-state index in [-0.39, 0.29) is 31.1 Å². The van der Waals surface area contributed by atoms with Crippen molar-refractivity contribution in [1.82, 2.24) is 10.2 Å². The maximum absolute atomic E-state index is 11.6. The van der Waals surface area contributed by atoms with Gasteiger partial charge < -0.3 is 15.2 Å². The quantitative estimate of drug-likeness (QED) is 0.779. The summed E-state index contributed by atoms with van der Waals surface area (Å²) >= 11 is 0. The van der Waals surface area contributed by atoms with Crippen LogP contribution in [0, 0.1) is 17.2 Å². The van der Waals surface area contributed by atoms with Gasteiger partial charge in [0, 0.05) is 45.3 Å². The van der Waals surface area contributed by atoms with Crippen molar-refractivity contribution in [3.8, 4) is 6.07 Å². The Hall–Kier alpha value is -1.94. The van der Waals surface area contributed by atoms with Gasteiger partial charge in [-0.2, -0.15) is 5.26 Å². The fourth-order valence-corrected chi connectivity index (χ4v) is 2.76. The molecule has 0 radical (unpaired) electrons. The average Bonchev–Trinajstić information content (AvgIpc) is 2.89. The van der Waals surface area contributed by atoms with Crippen LogP contribution in [0.1, 0.15) is 11.1 Å². The lowest BCUT2D eigenvalue weighted by molar-refractivity contribution is -0.125. The molecule has 1 amide bonds. The van der Waals surface area contributed by atoms with Crippen LogP contribution in [0.4, 0.5) is 0 Å². The normalized spacial score (nSPS) is 21.5. The van der Waals surface area contributed by atoms with Gasteiger partial charge in [0.2, 0.25) is 5.91 Å². The third-order valence-electron chi connectivity index (χ3n) is 3.86. The first-order valence-corrected chi connectivity index (χ1v) is 7.26. The molecule has 0 saturated carbocycles. The summed E-state index contributed by atoms with van der Waals surface area (Å²) in [7, 11) is 1.48. The zero-order chi connectivity index (χ0) is 15.9. The molecule has 6 nitrogen and oxygen atoms in total. The molecule has 0 spiro atoms. The summed E-state index contributed by atoms with van der Waals surface area (Å²) in [4.78, 5) is 13.8. The number of hydrogen-bond acceptors (Lipinski definition) is 5. The van der Waals surface area contributed by atoms with E-state index in [1.165, 1.54) is 7.11 Å². The molecular formula is C16H21N3O3. The predicted molar refractivity (Wildman–Crippen MR) is 80.8 cm³/mol. The number of ether oxygens (including phenoxy) is 1. The second kappa shape index (κ2) is 7.90. The number of nitrogens with one attached hydrogen (secondary N) is 1. The highest BCUT2D eigenvalue weighted by atomic mass is 16.5. The van der Waals surface area contributed by atoms with Crippen molar-refractivity contribution < 1.29 is 14.6 Å². The molecular weight excluding hydrogens is 282 g/mol. The first-order valence-electron chi connectivity index (χ1n) is 7.26. The van der Waals surface area contributed by atoms with E-state index in [0.29, 0.717) is 12.1 Å². The molecule has 1 aromatic rings. The monoisotopic (exact) mass is 303 g/mol. The van der Waals surface area contributed by atoms with Crippen LogP contribution in [-0.2, 0) is 16.1 Å². The molecule has 0 aromatic heterocycles. The van der Waals surface area contributed by atoms with Crippen LogP contribution < -0.4 is 5.32 Å². The lowest BCUT2D eigenvalue weighted by Crippen LogP contribution is -2.43. The average molecular weight is 303 g/mol. The molecule has 2 N–H and O–H groups in total. The summed E-state index contributed by atoms with van der Waals surface area (Å²) in [5.74, 6) is -0.134. The summed E-state index contributed by atoms with van der Waals surface area (Å²) in [5, 5.41) is 21.2. The van der Waals surface area contributed by atoms with Gasteiger partial charge >= 0.3 is 0 Å². The third-order valence-corrected chi connectivity index (χ3v) is 3.86. The second-order valence-electron chi connectivity index (χ2n) is 5.55. The molecule has 0 unspecified atom stereocenters. The molecule has 22 heavy (non-hydrogen) atoms. The van der Waals surface area contributed by atoms with Gasteiger partial charge in [0.05, 0.1) is 11.6 Å². The SMILES string of the molecule is COCC(=O)N[C@@H]1CN(Cc2ccc(C#N)cc2)C[C@H]1CO. The molecule has 1 fully saturated rings. The summed E-state index contributed by atoms with van der Waals surface area (Å²) in [5.41, 5.74) is 1.75. The van der Waals surface area contributed by atoms with Crippen LogP contribution in [0.15, 0.2) is 24.3 Å². The summed E-state index contributed by atoms with van der Waals surface area (Å²) in [6.07, 6.45) is 0. The Morgan fingerprint density at radius 1 is 1.45 bits per heavy atom. The van der Waals surface area contributed by atoms with Crippen molar-refractivity contribution >= 4 is 5.91 Å². The molecule has 118 valence electrons. The molecule has 1 aromatic carbocycles. The number of hydrogen-bond donors (Lipinski definition) is 2. The number of aliphatic hydroxyl groups is 1. The van der Waals surface area contributed by atoms with Crippen LogP contribution in [-0.4, -0.2) is 55.4 Å². The Morgan fingerprint density at radius 3 is 2.77 bits per heavy atom. The van der Waals surface area contributed by atoms with E-state index < -0.39 is 0 Å². The number of carbonyl (C=O) groups is 1. The highest BCUT2D eigenvalue weighted by Crippen LogP contribution is 2.19. The van der Waals surface area contributed by atoms with Crippen molar-refractivity contribution in [2.45, 2.75) is 12.6 Å². The topological polar surface area (TPSA) is 85.6 Å². The first-order chi connectivity index (χ1) is 10.7. The molecule has 1 aliphatic heterocycles. The Balaban J connectivity index is 1.93. The molecule has 2 atom stereocenters.